The molecule has 6 heteroatoms. The van der Waals surface area contributed by atoms with Gasteiger partial charge in [-0.25, -0.2) is 4.98 Å². The molecule has 0 unspecified atom stereocenters. The number of carbonyl (C=O) groups excluding carboxylic acids is 1. The molecule has 0 spiro atoms. The molecule has 0 N–H and O–H groups in total. The first-order chi connectivity index (χ1) is 11.6. The third-order valence-electron chi connectivity index (χ3n) is 5.10. The molecule has 2 atom stereocenters. The third kappa shape index (κ3) is 2.37. The number of likely N-dealkylation sites (tertiary alicyclic amines) is 1. The van der Waals surface area contributed by atoms with Crippen LogP contribution in [0.2, 0.25) is 0 Å². The van der Waals surface area contributed by atoms with Crippen molar-refractivity contribution in [1.29, 1.82) is 0 Å². The summed E-state index contributed by atoms with van der Waals surface area (Å²) in [7, 11) is 0. The topological polar surface area (TPSA) is 68.3 Å². The van der Waals surface area contributed by atoms with Crippen LogP contribution in [0.1, 0.15) is 47.1 Å². The van der Waals surface area contributed by atoms with Crippen LogP contribution < -0.4 is 5.56 Å². The fourth-order valence-electron chi connectivity index (χ4n) is 4.01. The average molecular weight is 327 g/mol. The molecule has 4 heterocycles. The number of hydrogen-bond donors (Lipinski definition) is 0. The number of rotatable bonds is 2. The first-order valence-electron chi connectivity index (χ1n) is 8.52. The molecule has 2 bridgehead atoms. The van der Waals surface area contributed by atoms with Gasteiger partial charge in [-0.3, -0.25) is 9.59 Å². The molecular formula is C18H21N3O3. The molecule has 0 saturated carbocycles. The van der Waals surface area contributed by atoms with Crippen molar-refractivity contribution in [2.24, 2.45) is 5.92 Å². The highest BCUT2D eigenvalue weighted by atomic mass is 16.4. The Bertz CT molecular complexity index is 851. The van der Waals surface area contributed by atoms with Gasteiger partial charge in [-0.2, -0.15) is 0 Å². The zero-order valence-electron chi connectivity index (χ0n) is 14.0. The van der Waals surface area contributed by atoms with Gasteiger partial charge in [0.2, 0.25) is 5.76 Å². The lowest BCUT2D eigenvalue weighted by Gasteiger charge is -2.42. The first kappa shape index (κ1) is 15.2. The Morgan fingerprint density at radius 3 is 2.92 bits per heavy atom. The monoisotopic (exact) mass is 327 g/mol. The maximum atomic E-state index is 12.9. The Kier molecular flexibility index (Phi) is 3.55. The van der Waals surface area contributed by atoms with Crippen molar-refractivity contribution in [3.8, 4) is 0 Å². The van der Waals surface area contributed by atoms with Gasteiger partial charge in [0, 0.05) is 43.7 Å². The number of fused-ring (bicyclic) bond motifs is 4. The van der Waals surface area contributed by atoms with Gasteiger partial charge in [0.15, 0.2) is 5.89 Å². The van der Waals surface area contributed by atoms with Gasteiger partial charge >= 0.3 is 0 Å². The first-order valence-corrected chi connectivity index (χ1v) is 8.52. The average Bonchev–Trinajstić information content (AvgIpc) is 2.96. The summed E-state index contributed by atoms with van der Waals surface area (Å²) in [5.74, 6) is 1.40. The molecule has 24 heavy (non-hydrogen) atoms. The Balaban J connectivity index is 1.63. The Hall–Kier alpha value is -2.37. The van der Waals surface area contributed by atoms with E-state index in [1.165, 1.54) is 0 Å². The van der Waals surface area contributed by atoms with E-state index in [1.807, 2.05) is 35.4 Å². The van der Waals surface area contributed by atoms with E-state index < -0.39 is 0 Å². The van der Waals surface area contributed by atoms with E-state index in [9.17, 15) is 9.59 Å². The van der Waals surface area contributed by atoms with Gasteiger partial charge in [0.05, 0.1) is 5.69 Å². The second kappa shape index (κ2) is 5.61. The number of aryl methyl sites for hydroxylation is 2. The summed E-state index contributed by atoms with van der Waals surface area (Å²) >= 11 is 0. The second-order valence-electron chi connectivity index (χ2n) is 6.78. The normalized spacial score (nSPS) is 22.3. The summed E-state index contributed by atoms with van der Waals surface area (Å²) in [6.45, 7) is 5.75. The quantitative estimate of drug-likeness (QED) is 0.846. The van der Waals surface area contributed by atoms with Crippen LogP contribution in [0.25, 0.3) is 0 Å². The molecule has 0 aromatic carbocycles. The molecule has 1 amide bonds. The zero-order valence-corrected chi connectivity index (χ0v) is 14.0. The molecule has 2 aromatic heterocycles. The lowest BCUT2D eigenvalue weighted by molar-refractivity contribution is 0.0561. The maximum absolute atomic E-state index is 12.9. The number of amides is 1. The lowest BCUT2D eigenvalue weighted by atomic mass is 9.83. The molecule has 2 aliphatic rings. The maximum Gasteiger partial charge on any atom is 0.291 e. The lowest BCUT2D eigenvalue weighted by Crippen LogP contribution is -2.49. The number of pyridine rings is 1. The molecule has 0 aliphatic carbocycles. The predicted molar refractivity (Wildman–Crippen MR) is 88.1 cm³/mol. The number of piperidine rings is 1. The summed E-state index contributed by atoms with van der Waals surface area (Å²) < 4.78 is 7.50. The fraction of sp³-hybridized carbons (Fsp3) is 0.500. The summed E-state index contributed by atoms with van der Waals surface area (Å²) in [5, 5.41) is 0. The molecule has 2 aromatic rings. The minimum Gasteiger partial charge on any atom is -0.435 e. The van der Waals surface area contributed by atoms with E-state index in [1.54, 1.807) is 6.07 Å². The van der Waals surface area contributed by atoms with Gasteiger partial charge in [-0.15, -0.1) is 0 Å². The standard InChI is InChI=1S/C18H21N3O3/c1-3-15-19-11(2)17(24-15)18(23)20-8-12-7-13(10-20)14-5-4-6-16(22)21(14)9-12/h4-6,12-13H,3,7-10H2,1-2H3/t12-,13+/m0/s1. The predicted octanol–water partition coefficient (Wildman–Crippen LogP) is 1.97. The molecule has 1 saturated heterocycles. The number of carbonyl (C=O) groups is 1. The van der Waals surface area contributed by atoms with Crippen LogP contribution in [0.15, 0.2) is 27.4 Å². The largest absolute Gasteiger partial charge is 0.435 e. The van der Waals surface area contributed by atoms with Gasteiger partial charge < -0.3 is 13.9 Å². The van der Waals surface area contributed by atoms with E-state index in [0.29, 0.717) is 49.3 Å². The molecular weight excluding hydrogens is 306 g/mol. The number of hydrogen-bond acceptors (Lipinski definition) is 4. The number of oxazole rings is 1. The van der Waals surface area contributed by atoms with Crippen LogP contribution in [-0.2, 0) is 13.0 Å². The van der Waals surface area contributed by atoms with Gasteiger partial charge in [0.25, 0.3) is 11.5 Å². The van der Waals surface area contributed by atoms with Crippen LogP contribution in [0, 0.1) is 12.8 Å². The van der Waals surface area contributed by atoms with Crippen LogP contribution >= 0.6 is 0 Å². The molecule has 4 rings (SSSR count). The van der Waals surface area contributed by atoms with E-state index in [-0.39, 0.29) is 17.4 Å². The van der Waals surface area contributed by atoms with Gasteiger partial charge in [-0.05, 0) is 25.3 Å². The van der Waals surface area contributed by atoms with E-state index >= 15 is 0 Å². The highest BCUT2D eigenvalue weighted by Crippen LogP contribution is 2.35. The SMILES string of the molecule is CCc1nc(C)c(C(=O)N2C[C@@H]3C[C@H](C2)c2cccc(=O)n2C3)o1. The number of nitrogens with zero attached hydrogens (tertiary/aromatic N) is 3. The van der Waals surface area contributed by atoms with Crippen molar-refractivity contribution >= 4 is 5.91 Å². The van der Waals surface area contributed by atoms with E-state index in [4.69, 9.17) is 4.42 Å². The van der Waals surface area contributed by atoms with Crippen molar-refractivity contribution < 1.29 is 9.21 Å². The third-order valence-corrected chi connectivity index (χ3v) is 5.10. The highest BCUT2D eigenvalue weighted by Gasteiger charge is 2.37. The van der Waals surface area contributed by atoms with E-state index in [2.05, 4.69) is 4.98 Å². The zero-order chi connectivity index (χ0) is 16.8. The van der Waals surface area contributed by atoms with Crippen molar-refractivity contribution in [3.63, 3.8) is 0 Å². The molecule has 126 valence electrons. The number of aromatic nitrogens is 2. The van der Waals surface area contributed by atoms with Gasteiger partial charge in [0.1, 0.15) is 0 Å². The summed E-state index contributed by atoms with van der Waals surface area (Å²) in [6, 6.07) is 5.42. The van der Waals surface area contributed by atoms with Crippen molar-refractivity contribution in [1.82, 2.24) is 14.5 Å². The smallest absolute Gasteiger partial charge is 0.291 e. The van der Waals surface area contributed by atoms with E-state index in [0.717, 1.165) is 12.1 Å². The summed E-state index contributed by atoms with van der Waals surface area (Å²) in [5.41, 5.74) is 1.75. The molecule has 6 nitrogen and oxygen atoms in total. The Morgan fingerprint density at radius 2 is 2.17 bits per heavy atom. The van der Waals surface area contributed by atoms with Crippen LogP contribution in [0.3, 0.4) is 0 Å². The fourth-order valence-corrected chi connectivity index (χ4v) is 4.01. The van der Waals surface area contributed by atoms with Crippen molar-refractivity contribution in [2.45, 2.75) is 39.2 Å². The minimum atomic E-state index is -0.0823. The van der Waals surface area contributed by atoms with Crippen molar-refractivity contribution in [2.75, 3.05) is 13.1 Å². The Labute approximate surface area is 140 Å². The molecule has 2 aliphatic heterocycles. The summed E-state index contributed by atoms with van der Waals surface area (Å²) in [6.07, 6.45) is 1.71. The van der Waals surface area contributed by atoms with Crippen LogP contribution in [0.4, 0.5) is 0 Å². The second-order valence-corrected chi connectivity index (χ2v) is 6.78. The van der Waals surface area contributed by atoms with Crippen LogP contribution in [0.5, 0.6) is 0 Å². The minimum absolute atomic E-state index is 0.0562. The Morgan fingerprint density at radius 1 is 1.33 bits per heavy atom. The van der Waals surface area contributed by atoms with Crippen molar-refractivity contribution in [3.05, 3.63) is 51.6 Å². The summed E-state index contributed by atoms with van der Waals surface area (Å²) in [4.78, 5) is 31.1. The molecule has 1 fully saturated rings. The van der Waals surface area contributed by atoms with Gasteiger partial charge in [-0.1, -0.05) is 13.0 Å². The van der Waals surface area contributed by atoms with Crippen LogP contribution in [-0.4, -0.2) is 33.4 Å². The molecule has 0 radical (unpaired) electrons. The highest BCUT2D eigenvalue weighted by molar-refractivity contribution is 5.92.